The molecule has 2 N–H and O–H groups in total. The van der Waals surface area contributed by atoms with E-state index in [1.165, 1.54) is 0 Å². The third kappa shape index (κ3) is 1.45. The summed E-state index contributed by atoms with van der Waals surface area (Å²) < 4.78 is 4.37. The number of benzene rings is 1. The second kappa shape index (κ2) is 3.82. The van der Waals surface area contributed by atoms with Crippen molar-refractivity contribution in [3.8, 4) is 22.8 Å². The molecule has 1 aliphatic rings. The van der Waals surface area contributed by atoms with Crippen LogP contribution in [-0.4, -0.2) is 26.1 Å². The van der Waals surface area contributed by atoms with Gasteiger partial charge in [-0.15, -0.1) is 10.2 Å². The Morgan fingerprint density at radius 2 is 1.90 bits per heavy atom. The average Bonchev–Trinajstić information content (AvgIpc) is 2.98. The van der Waals surface area contributed by atoms with Gasteiger partial charge in [0.1, 0.15) is 5.69 Å². The van der Waals surface area contributed by atoms with Gasteiger partial charge in [-0.1, -0.05) is 24.3 Å². The number of nitrogens with two attached hydrogens (primary N) is 1. The molecule has 1 aromatic carbocycles. The third-order valence-corrected chi connectivity index (χ3v) is 3.18. The minimum atomic E-state index is -0.250. The minimum absolute atomic E-state index is 0.0491. The van der Waals surface area contributed by atoms with Crippen LogP contribution in [0.2, 0.25) is 0 Å². The molecule has 0 spiro atoms. The standard InChI is InChI=1S/C12H6N6O3/c13-11-9(18(20)21-17-11)12-14-7-5-3-1-2-4-6(5)10(19)8(7)15-16-12/h1-4H,(H2,13,17). The molecule has 0 bridgehead atoms. The maximum Gasteiger partial charge on any atom is 0.316 e. The molecule has 0 saturated carbocycles. The molecule has 0 aliphatic heterocycles. The third-order valence-electron chi connectivity index (χ3n) is 3.18. The molecule has 0 saturated heterocycles. The lowest BCUT2D eigenvalue weighted by Crippen LogP contribution is -2.26. The molecular weight excluding hydrogens is 276 g/mol. The zero-order chi connectivity index (χ0) is 14.6. The van der Waals surface area contributed by atoms with Gasteiger partial charge in [0.25, 0.3) is 5.69 Å². The van der Waals surface area contributed by atoms with E-state index in [0.29, 0.717) is 16.8 Å². The summed E-state index contributed by atoms with van der Waals surface area (Å²) in [7, 11) is 0. The number of fused-ring (bicyclic) bond motifs is 3. The molecule has 2 heterocycles. The van der Waals surface area contributed by atoms with Gasteiger partial charge < -0.3 is 10.9 Å². The van der Waals surface area contributed by atoms with Crippen LogP contribution in [0.4, 0.5) is 5.82 Å². The maximum absolute atomic E-state index is 12.2. The Hall–Kier alpha value is -3.36. The number of nitrogen functional groups attached to an aromatic ring is 1. The first kappa shape index (κ1) is 11.5. The normalized spacial score (nSPS) is 12.3. The Morgan fingerprint density at radius 3 is 2.62 bits per heavy atom. The Kier molecular flexibility index (Phi) is 2.09. The highest BCUT2D eigenvalue weighted by Gasteiger charge is 2.32. The number of hydrogen-bond acceptors (Lipinski definition) is 8. The molecule has 102 valence electrons. The molecule has 0 amide bonds. The summed E-state index contributed by atoms with van der Waals surface area (Å²) in [5.74, 6) is -0.447. The number of hydrogen-bond donors (Lipinski definition) is 1. The number of carbonyl (C=O) groups excluding carboxylic acids is 1. The highest BCUT2D eigenvalue weighted by atomic mass is 16.8. The Morgan fingerprint density at radius 1 is 1.14 bits per heavy atom. The van der Waals surface area contributed by atoms with Crippen LogP contribution in [0.3, 0.4) is 0 Å². The fourth-order valence-electron chi connectivity index (χ4n) is 2.24. The zero-order valence-corrected chi connectivity index (χ0v) is 10.3. The van der Waals surface area contributed by atoms with E-state index in [9.17, 15) is 10.0 Å². The first-order chi connectivity index (χ1) is 10.2. The molecule has 9 nitrogen and oxygen atoms in total. The highest BCUT2D eigenvalue weighted by Crippen LogP contribution is 2.34. The SMILES string of the molecule is Nc1no[n+]([O-])c1-c1nnc2c(n1)-c1ccccc1C2=O. The smallest absolute Gasteiger partial charge is 0.316 e. The Bertz CT molecular complexity index is 884. The monoisotopic (exact) mass is 282 g/mol. The molecule has 0 fully saturated rings. The van der Waals surface area contributed by atoms with Crippen molar-refractivity contribution >= 4 is 11.6 Å². The molecule has 21 heavy (non-hydrogen) atoms. The number of carbonyl (C=O) groups is 1. The van der Waals surface area contributed by atoms with Crippen molar-refractivity contribution in [2.24, 2.45) is 0 Å². The number of aromatic nitrogens is 5. The number of ketones is 1. The van der Waals surface area contributed by atoms with Gasteiger partial charge in [-0.3, -0.25) is 9.42 Å². The van der Waals surface area contributed by atoms with E-state index in [1.54, 1.807) is 24.3 Å². The van der Waals surface area contributed by atoms with Gasteiger partial charge in [0, 0.05) is 11.1 Å². The molecule has 0 atom stereocenters. The first-order valence-corrected chi connectivity index (χ1v) is 5.91. The van der Waals surface area contributed by atoms with Crippen molar-refractivity contribution in [1.82, 2.24) is 20.3 Å². The molecule has 0 radical (unpaired) electrons. The topological polar surface area (TPSA) is 135 Å². The zero-order valence-electron chi connectivity index (χ0n) is 10.3. The molecular formula is C12H6N6O3. The molecule has 4 rings (SSSR count). The van der Waals surface area contributed by atoms with Gasteiger partial charge in [0.05, 0.1) is 5.16 Å². The fraction of sp³-hybridized carbons (Fsp3) is 0. The van der Waals surface area contributed by atoms with Crippen molar-refractivity contribution in [1.29, 1.82) is 0 Å². The summed E-state index contributed by atoms with van der Waals surface area (Å²) in [5, 5.41) is 22.4. The van der Waals surface area contributed by atoms with Crippen LogP contribution >= 0.6 is 0 Å². The Balaban J connectivity index is 1.97. The van der Waals surface area contributed by atoms with E-state index in [4.69, 9.17) is 5.73 Å². The molecule has 3 aromatic rings. The fourth-order valence-corrected chi connectivity index (χ4v) is 2.24. The van der Waals surface area contributed by atoms with Gasteiger partial charge in [0.2, 0.25) is 11.6 Å². The van der Waals surface area contributed by atoms with Crippen LogP contribution in [-0.2, 0) is 0 Å². The number of rotatable bonds is 1. The summed E-state index contributed by atoms with van der Waals surface area (Å²) in [6.45, 7) is 0. The van der Waals surface area contributed by atoms with Crippen molar-refractivity contribution in [2.75, 3.05) is 5.73 Å². The van der Waals surface area contributed by atoms with Crippen molar-refractivity contribution in [3.63, 3.8) is 0 Å². The van der Waals surface area contributed by atoms with E-state index in [2.05, 4.69) is 25.0 Å². The summed E-state index contributed by atoms with van der Waals surface area (Å²) in [5.41, 5.74) is 7.05. The minimum Gasteiger partial charge on any atom is -0.359 e. The quantitative estimate of drug-likeness (QED) is 0.480. The van der Waals surface area contributed by atoms with E-state index in [-0.39, 0.29) is 33.7 Å². The van der Waals surface area contributed by atoms with Crippen molar-refractivity contribution < 1.29 is 14.3 Å². The van der Waals surface area contributed by atoms with Crippen LogP contribution in [0.25, 0.3) is 22.8 Å². The van der Waals surface area contributed by atoms with Gasteiger partial charge in [-0.25, -0.2) is 4.98 Å². The van der Waals surface area contributed by atoms with E-state index >= 15 is 0 Å². The van der Waals surface area contributed by atoms with Crippen LogP contribution in [0, 0.1) is 5.21 Å². The maximum atomic E-state index is 12.2. The second-order valence-corrected chi connectivity index (χ2v) is 4.37. The van der Waals surface area contributed by atoms with Crippen molar-refractivity contribution in [2.45, 2.75) is 0 Å². The first-order valence-electron chi connectivity index (χ1n) is 5.91. The largest absolute Gasteiger partial charge is 0.359 e. The lowest BCUT2D eigenvalue weighted by Gasteiger charge is -1.99. The van der Waals surface area contributed by atoms with Crippen LogP contribution in [0.5, 0.6) is 0 Å². The van der Waals surface area contributed by atoms with E-state index in [1.807, 2.05) is 0 Å². The van der Waals surface area contributed by atoms with Gasteiger partial charge >= 0.3 is 5.82 Å². The highest BCUT2D eigenvalue weighted by molar-refractivity contribution is 6.19. The summed E-state index contributed by atoms with van der Waals surface area (Å²) in [6, 6.07) is 6.97. The summed E-state index contributed by atoms with van der Waals surface area (Å²) in [4.78, 5) is 16.5. The van der Waals surface area contributed by atoms with E-state index in [0.717, 1.165) is 0 Å². The number of anilines is 1. The van der Waals surface area contributed by atoms with E-state index < -0.39 is 0 Å². The number of nitrogens with zero attached hydrogens (tertiary/aromatic N) is 5. The average molecular weight is 282 g/mol. The summed E-state index contributed by atoms with van der Waals surface area (Å²) >= 11 is 0. The lowest BCUT2D eigenvalue weighted by atomic mass is 10.1. The molecule has 9 heteroatoms. The second-order valence-electron chi connectivity index (χ2n) is 4.37. The predicted molar refractivity (Wildman–Crippen MR) is 67.6 cm³/mol. The molecule has 1 aliphatic carbocycles. The molecule has 0 unspecified atom stereocenters. The van der Waals surface area contributed by atoms with Crippen LogP contribution < -0.4 is 10.6 Å². The lowest BCUT2D eigenvalue weighted by molar-refractivity contribution is -0.793. The van der Waals surface area contributed by atoms with Crippen molar-refractivity contribution in [3.05, 3.63) is 40.7 Å². The van der Waals surface area contributed by atoms with Gasteiger partial charge in [0.15, 0.2) is 5.69 Å². The van der Waals surface area contributed by atoms with Gasteiger partial charge in [-0.05, 0) is 4.90 Å². The van der Waals surface area contributed by atoms with Crippen LogP contribution in [0.15, 0.2) is 28.9 Å². The Labute approximate surface area is 116 Å². The van der Waals surface area contributed by atoms with Gasteiger partial charge in [-0.2, -0.15) is 0 Å². The predicted octanol–water partition coefficient (Wildman–Crippen LogP) is -0.0464. The summed E-state index contributed by atoms with van der Waals surface area (Å²) in [6.07, 6.45) is 0. The van der Waals surface area contributed by atoms with Crippen LogP contribution in [0.1, 0.15) is 16.1 Å². The molecule has 2 aromatic heterocycles.